The molecule has 0 saturated carbocycles. The standard InChI is InChI=1S/C18H15F7N2O2/c1-9-6-7-10(14-11-4-2-3-5-12(11)27-29-14)8-13(9)26-15(28)16(19,20)17(21,22)18(23,24)25/h6-8H,2-5H2,1H3,(H,26,28). The zero-order valence-corrected chi connectivity index (χ0v) is 15.0. The number of nitrogens with zero attached hydrogens (tertiary/aromatic N) is 1. The van der Waals surface area contributed by atoms with Crippen LogP contribution in [0.5, 0.6) is 0 Å². The molecule has 29 heavy (non-hydrogen) atoms. The van der Waals surface area contributed by atoms with Gasteiger partial charge in [0.15, 0.2) is 5.76 Å². The number of alkyl halides is 7. The topological polar surface area (TPSA) is 55.1 Å². The second-order valence-electron chi connectivity index (χ2n) is 6.77. The van der Waals surface area contributed by atoms with Gasteiger partial charge >= 0.3 is 23.9 Å². The number of aromatic nitrogens is 1. The lowest BCUT2D eigenvalue weighted by Crippen LogP contribution is -2.57. The van der Waals surface area contributed by atoms with Crippen molar-refractivity contribution in [3.63, 3.8) is 0 Å². The lowest BCUT2D eigenvalue weighted by molar-refractivity contribution is -0.343. The highest BCUT2D eigenvalue weighted by atomic mass is 19.4. The number of carbonyl (C=O) groups is 1. The van der Waals surface area contributed by atoms with Gasteiger partial charge in [-0.3, -0.25) is 4.79 Å². The van der Waals surface area contributed by atoms with Crippen molar-refractivity contribution >= 4 is 11.6 Å². The highest BCUT2D eigenvalue weighted by molar-refractivity contribution is 5.98. The molecular formula is C18H15F7N2O2. The number of amides is 1. The van der Waals surface area contributed by atoms with Crippen molar-refractivity contribution in [2.24, 2.45) is 0 Å². The summed E-state index contributed by atoms with van der Waals surface area (Å²) in [7, 11) is 0. The van der Waals surface area contributed by atoms with E-state index < -0.39 is 23.9 Å². The minimum absolute atomic E-state index is 0.182. The number of fused-ring (bicyclic) bond motifs is 1. The van der Waals surface area contributed by atoms with Crippen molar-refractivity contribution in [1.82, 2.24) is 5.16 Å². The number of rotatable bonds is 4. The Morgan fingerprint density at radius 2 is 1.72 bits per heavy atom. The number of nitrogens with one attached hydrogen (secondary N) is 1. The van der Waals surface area contributed by atoms with Crippen molar-refractivity contribution < 1.29 is 40.1 Å². The van der Waals surface area contributed by atoms with E-state index in [0.717, 1.165) is 24.1 Å². The molecule has 0 fully saturated rings. The van der Waals surface area contributed by atoms with Crippen molar-refractivity contribution in [2.45, 2.75) is 50.6 Å². The molecule has 2 aromatic rings. The van der Waals surface area contributed by atoms with Gasteiger partial charge in [0.1, 0.15) is 0 Å². The van der Waals surface area contributed by atoms with Crippen LogP contribution in [-0.2, 0) is 17.6 Å². The number of carbonyl (C=O) groups excluding carboxylic acids is 1. The molecule has 0 atom stereocenters. The zero-order chi connectivity index (χ0) is 21.6. The Morgan fingerprint density at radius 3 is 2.38 bits per heavy atom. The quantitative estimate of drug-likeness (QED) is 0.678. The van der Waals surface area contributed by atoms with Crippen LogP contribution in [0.15, 0.2) is 22.7 Å². The van der Waals surface area contributed by atoms with Crippen LogP contribution in [-0.4, -0.2) is 29.1 Å². The first-order valence-electron chi connectivity index (χ1n) is 8.58. The second kappa shape index (κ2) is 7.03. The number of hydrogen-bond acceptors (Lipinski definition) is 3. The molecule has 3 rings (SSSR count). The normalized spacial score (nSPS) is 15.2. The van der Waals surface area contributed by atoms with Gasteiger partial charge in [-0.25, -0.2) is 0 Å². The number of aryl methyl sites for hydroxylation is 2. The number of hydrogen-bond donors (Lipinski definition) is 1. The third kappa shape index (κ3) is 3.58. The van der Waals surface area contributed by atoms with Crippen molar-refractivity contribution in [3.8, 4) is 11.3 Å². The van der Waals surface area contributed by atoms with Gasteiger partial charge in [0, 0.05) is 16.8 Å². The molecule has 1 heterocycles. The molecule has 4 nitrogen and oxygen atoms in total. The highest BCUT2D eigenvalue weighted by Gasteiger charge is 2.76. The Hall–Kier alpha value is -2.59. The SMILES string of the molecule is Cc1ccc(-c2onc3c2CCCC3)cc1NC(=O)C(F)(F)C(F)(F)C(F)(F)F. The van der Waals surface area contributed by atoms with Crippen LogP contribution in [0.4, 0.5) is 36.4 Å². The summed E-state index contributed by atoms with van der Waals surface area (Å²) in [6.07, 6.45) is -3.41. The third-order valence-electron chi connectivity index (χ3n) is 4.74. The minimum atomic E-state index is -6.59. The van der Waals surface area contributed by atoms with Crippen LogP contribution in [0, 0.1) is 6.92 Å². The van der Waals surface area contributed by atoms with Gasteiger partial charge in [-0.1, -0.05) is 17.3 Å². The summed E-state index contributed by atoms with van der Waals surface area (Å²) >= 11 is 0. The van der Waals surface area contributed by atoms with Crippen LogP contribution < -0.4 is 5.32 Å². The van der Waals surface area contributed by atoms with E-state index in [1.165, 1.54) is 24.4 Å². The molecule has 11 heteroatoms. The number of halogens is 7. The van der Waals surface area contributed by atoms with E-state index in [4.69, 9.17) is 4.52 Å². The molecule has 1 aliphatic carbocycles. The number of benzene rings is 1. The lowest BCUT2D eigenvalue weighted by atomic mass is 9.93. The molecule has 0 radical (unpaired) electrons. The van der Waals surface area contributed by atoms with Gasteiger partial charge in [0.2, 0.25) is 0 Å². The molecule has 0 aliphatic heterocycles. The smallest absolute Gasteiger partial charge is 0.356 e. The first-order chi connectivity index (χ1) is 13.4. The predicted octanol–water partition coefficient (Wildman–Crippen LogP) is 5.30. The molecule has 1 aromatic carbocycles. The van der Waals surface area contributed by atoms with E-state index in [0.29, 0.717) is 24.2 Å². The summed E-state index contributed by atoms with van der Waals surface area (Å²) in [5.41, 5.74) is 1.72. The zero-order valence-electron chi connectivity index (χ0n) is 15.0. The third-order valence-corrected chi connectivity index (χ3v) is 4.74. The van der Waals surface area contributed by atoms with Crippen LogP contribution in [0.25, 0.3) is 11.3 Å². The van der Waals surface area contributed by atoms with Gasteiger partial charge in [-0.2, -0.15) is 30.7 Å². The molecule has 1 aliphatic rings. The lowest BCUT2D eigenvalue weighted by Gasteiger charge is -2.27. The van der Waals surface area contributed by atoms with Gasteiger partial charge < -0.3 is 9.84 Å². The minimum Gasteiger partial charge on any atom is -0.356 e. The molecule has 1 amide bonds. The molecule has 1 aromatic heterocycles. The fourth-order valence-corrected chi connectivity index (χ4v) is 3.04. The maximum Gasteiger partial charge on any atom is 0.460 e. The van der Waals surface area contributed by atoms with E-state index in [-0.39, 0.29) is 11.3 Å². The summed E-state index contributed by atoms with van der Waals surface area (Å²) in [5.74, 6) is -15.0. The van der Waals surface area contributed by atoms with E-state index in [2.05, 4.69) is 5.16 Å². The van der Waals surface area contributed by atoms with Crippen molar-refractivity contribution in [2.75, 3.05) is 5.32 Å². The molecule has 1 N–H and O–H groups in total. The maximum absolute atomic E-state index is 13.6. The van der Waals surface area contributed by atoms with Gasteiger partial charge in [0.05, 0.1) is 5.69 Å². The maximum atomic E-state index is 13.6. The summed E-state index contributed by atoms with van der Waals surface area (Å²) < 4.78 is 95.5. The molecule has 0 unspecified atom stereocenters. The Kier molecular flexibility index (Phi) is 5.12. The Labute approximate surface area is 160 Å². The van der Waals surface area contributed by atoms with Gasteiger partial charge in [-0.15, -0.1) is 0 Å². The molecule has 0 spiro atoms. The van der Waals surface area contributed by atoms with Gasteiger partial charge in [0.25, 0.3) is 0 Å². The van der Waals surface area contributed by atoms with Crippen LogP contribution in [0.2, 0.25) is 0 Å². The van der Waals surface area contributed by atoms with E-state index in [1.54, 1.807) is 6.07 Å². The number of anilines is 1. The first-order valence-corrected chi connectivity index (χ1v) is 8.58. The predicted molar refractivity (Wildman–Crippen MR) is 87.9 cm³/mol. The van der Waals surface area contributed by atoms with E-state index >= 15 is 0 Å². The Morgan fingerprint density at radius 1 is 1.07 bits per heavy atom. The monoisotopic (exact) mass is 424 g/mol. The fraction of sp³-hybridized carbons (Fsp3) is 0.444. The van der Waals surface area contributed by atoms with Crippen LogP contribution >= 0.6 is 0 Å². The van der Waals surface area contributed by atoms with Crippen LogP contribution in [0.1, 0.15) is 29.7 Å². The highest BCUT2D eigenvalue weighted by Crippen LogP contribution is 2.47. The van der Waals surface area contributed by atoms with E-state index in [1.807, 2.05) is 0 Å². The average Bonchev–Trinajstić information content (AvgIpc) is 3.06. The summed E-state index contributed by atoms with van der Waals surface area (Å²) in [6, 6.07) is 4.11. The fourth-order valence-electron chi connectivity index (χ4n) is 3.04. The van der Waals surface area contributed by atoms with Crippen molar-refractivity contribution in [1.29, 1.82) is 0 Å². The molecular weight excluding hydrogens is 409 g/mol. The van der Waals surface area contributed by atoms with Gasteiger partial charge in [-0.05, 0) is 44.2 Å². The summed E-state index contributed by atoms with van der Waals surface area (Å²) in [4.78, 5) is 11.6. The first kappa shape index (κ1) is 21.1. The second-order valence-corrected chi connectivity index (χ2v) is 6.77. The molecule has 0 bridgehead atoms. The van der Waals surface area contributed by atoms with Crippen LogP contribution in [0.3, 0.4) is 0 Å². The van der Waals surface area contributed by atoms with Crippen molar-refractivity contribution in [3.05, 3.63) is 35.0 Å². The summed E-state index contributed by atoms with van der Waals surface area (Å²) in [6.45, 7) is 1.37. The van der Waals surface area contributed by atoms with E-state index in [9.17, 15) is 35.5 Å². The Balaban J connectivity index is 1.92. The molecule has 158 valence electrons. The Bertz CT molecular complexity index is 935. The molecule has 0 saturated heterocycles. The summed E-state index contributed by atoms with van der Waals surface area (Å²) in [5, 5.41) is 5.42. The average molecular weight is 424 g/mol. The largest absolute Gasteiger partial charge is 0.460 e.